The summed E-state index contributed by atoms with van der Waals surface area (Å²) in [5.41, 5.74) is 0. The Morgan fingerprint density at radius 3 is 1.24 bits per heavy atom. The van der Waals surface area contributed by atoms with E-state index >= 15 is 0 Å². The molecule has 6 unspecified atom stereocenters. The number of carbonyl (C=O) groups is 2. The molecule has 1 saturated heterocycles. The van der Waals surface area contributed by atoms with Crippen molar-refractivity contribution in [1.29, 1.82) is 0 Å². The van der Waals surface area contributed by atoms with Gasteiger partial charge in [0.1, 0.15) is 31.0 Å². The highest BCUT2D eigenvalue weighted by molar-refractivity contribution is 5.70. The van der Waals surface area contributed by atoms with Crippen LogP contribution in [0.2, 0.25) is 0 Å². The molecule has 0 aromatic carbocycles. The fraction of sp³-hybridized carbons (Fsp3) is 0.956. The van der Waals surface area contributed by atoms with Crippen LogP contribution >= 0.6 is 0 Å². The van der Waals surface area contributed by atoms with Gasteiger partial charge in [-0.25, -0.2) is 0 Å². The molecule has 10 nitrogen and oxygen atoms in total. The summed E-state index contributed by atoms with van der Waals surface area (Å²) in [7, 11) is 0. The summed E-state index contributed by atoms with van der Waals surface area (Å²) < 4.78 is 22.2. The minimum atomic E-state index is -1.59. The second-order valence-corrected chi connectivity index (χ2v) is 16.2. The van der Waals surface area contributed by atoms with Gasteiger partial charge in [0.25, 0.3) is 0 Å². The normalized spacial score (nSPS) is 20.4. The van der Waals surface area contributed by atoms with Gasteiger partial charge < -0.3 is 39.4 Å². The Balaban J connectivity index is 2.27. The first kappa shape index (κ1) is 51.7. The minimum absolute atomic E-state index is 0.209. The molecule has 1 rings (SSSR count). The van der Waals surface area contributed by atoms with Crippen molar-refractivity contribution in [2.24, 2.45) is 0 Å². The van der Waals surface area contributed by atoms with Crippen LogP contribution in [-0.2, 0) is 28.5 Å². The number of aliphatic hydroxyl groups is 4. The highest BCUT2D eigenvalue weighted by Crippen LogP contribution is 2.23. The average Bonchev–Trinajstić information content (AvgIpc) is 3.18. The molecule has 0 spiro atoms. The van der Waals surface area contributed by atoms with Gasteiger partial charge in [0.15, 0.2) is 12.4 Å². The van der Waals surface area contributed by atoms with E-state index in [4.69, 9.17) is 18.9 Å². The average molecular weight is 787 g/mol. The molecule has 6 atom stereocenters. The number of unbranched alkanes of at least 4 members (excludes halogenated alkanes) is 28. The molecule has 0 aromatic rings. The summed E-state index contributed by atoms with van der Waals surface area (Å²) in [4.78, 5) is 25.3. The summed E-state index contributed by atoms with van der Waals surface area (Å²) in [5, 5.41) is 40.0. The third-order valence-corrected chi connectivity index (χ3v) is 11.0. The number of ether oxygens (including phenoxy) is 4. The van der Waals surface area contributed by atoms with Crippen LogP contribution in [0.4, 0.5) is 0 Å². The van der Waals surface area contributed by atoms with E-state index in [-0.39, 0.29) is 32.0 Å². The molecule has 1 heterocycles. The molecule has 10 heteroatoms. The smallest absolute Gasteiger partial charge is 0.306 e. The molecular formula is C45H86O10. The second kappa shape index (κ2) is 37.0. The number of hydrogen-bond donors (Lipinski definition) is 4. The Morgan fingerprint density at radius 1 is 0.491 bits per heavy atom. The zero-order valence-corrected chi connectivity index (χ0v) is 35.5. The van der Waals surface area contributed by atoms with Crippen molar-refractivity contribution < 1.29 is 49.0 Å². The topological polar surface area (TPSA) is 152 Å². The van der Waals surface area contributed by atoms with E-state index in [1.165, 1.54) is 148 Å². The lowest BCUT2D eigenvalue weighted by Gasteiger charge is -2.39. The maximum absolute atomic E-state index is 12.8. The lowest BCUT2D eigenvalue weighted by atomic mass is 9.99. The van der Waals surface area contributed by atoms with Crippen LogP contribution in [0.1, 0.15) is 219 Å². The summed E-state index contributed by atoms with van der Waals surface area (Å²) in [6.45, 7) is 3.44. The molecule has 0 radical (unpaired) electrons. The van der Waals surface area contributed by atoms with Gasteiger partial charge in [-0.2, -0.15) is 0 Å². The Morgan fingerprint density at radius 2 is 0.855 bits per heavy atom. The molecule has 0 saturated carbocycles. The first-order valence-corrected chi connectivity index (χ1v) is 23.1. The minimum Gasteiger partial charge on any atom is -0.462 e. The summed E-state index contributed by atoms with van der Waals surface area (Å²) >= 11 is 0. The van der Waals surface area contributed by atoms with Gasteiger partial charge in [-0.15, -0.1) is 0 Å². The third-order valence-electron chi connectivity index (χ3n) is 11.0. The predicted molar refractivity (Wildman–Crippen MR) is 220 cm³/mol. The Bertz CT molecular complexity index is 871. The molecule has 4 N–H and O–H groups in total. The maximum Gasteiger partial charge on any atom is 0.306 e. The maximum atomic E-state index is 12.8. The van der Waals surface area contributed by atoms with Crippen molar-refractivity contribution in [2.75, 3.05) is 19.8 Å². The van der Waals surface area contributed by atoms with Gasteiger partial charge in [-0.05, 0) is 12.8 Å². The van der Waals surface area contributed by atoms with Crippen LogP contribution in [0, 0.1) is 0 Å². The van der Waals surface area contributed by atoms with E-state index < -0.39 is 49.4 Å². The standard InChI is InChI=1S/C45H86O10/c1-3-5-7-9-11-13-15-16-17-18-19-20-21-22-24-26-28-30-32-34-41(48)54-38(37-53-45-44(51)43(50)42(49)39(35-46)55-45)36-52-40(47)33-31-29-27-25-23-14-12-10-8-6-4-2/h38-39,42-46,49-51H,3-37H2,1-2H3. The van der Waals surface area contributed by atoms with E-state index in [0.717, 1.165) is 38.5 Å². The number of esters is 2. The lowest BCUT2D eigenvalue weighted by molar-refractivity contribution is -0.305. The zero-order valence-electron chi connectivity index (χ0n) is 35.5. The monoisotopic (exact) mass is 787 g/mol. The molecule has 0 bridgehead atoms. The Hall–Kier alpha value is -1.30. The molecule has 55 heavy (non-hydrogen) atoms. The highest BCUT2D eigenvalue weighted by atomic mass is 16.7. The van der Waals surface area contributed by atoms with Crippen LogP contribution in [0.15, 0.2) is 0 Å². The predicted octanol–water partition coefficient (Wildman–Crippen LogP) is 9.78. The Labute approximate surface area is 336 Å². The fourth-order valence-electron chi connectivity index (χ4n) is 7.31. The molecular weight excluding hydrogens is 700 g/mol. The van der Waals surface area contributed by atoms with Crippen LogP contribution in [0.25, 0.3) is 0 Å². The third kappa shape index (κ3) is 28.7. The molecule has 0 aliphatic carbocycles. The van der Waals surface area contributed by atoms with Crippen molar-refractivity contribution in [3.8, 4) is 0 Å². The van der Waals surface area contributed by atoms with Crippen molar-refractivity contribution in [3.05, 3.63) is 0 Å². The van der Waals surface area contributed by atoms with E-state index in [0.29, 0.717) is 6.42 Å². The molecule has 0 amide bonds. The molecule has 1 aliphatic heterocycles. The second-order valence-electron chi connectivity index (χ2n) is 16.2. The Kier molecular flexibility index (Phi) is 34.8. The van der Waals surface area contributed by atoms with E-state index in [9.17, 15) is 30.0 Å². The van der Waals surface area contributed by atoms with Crippen molar-refractivity contribution in [3.63, 3.8) is 0 Å². The molecule has 326 valence electrons. The highest BCUT2D eigenvalue weighted by Gasteiger charge is 2.44. The van der Waals surface area contributed by atoms with Gasteiger partial charge >= 0.3 is 11.9 Å². The lowest BCUT2D eigenvalue weighted by Crippen LogP contribution is -2.59. The summed E-state index contributed by atoms with van der Waals surface area (Å²) in [6.07, 6.45) is 29.7. The number of carbonyl (C=O) groups excluding carboxylic acids is 2. The van der Waals surface area contributed by atoms with Crippen molar-refractivity contribution in [1.82, 2.24) is 0 Å². The first-order chi connectivity index (χ1) is 26.8. The zero-order chi connectivity index (χ0) is 40.2. The number of aliphatic hydroxyl groups excluding tert-OH is 4. The van der Waals surface area contributed by atoms with Crippen LogP contribution in [0.5, 0.6) is 0 Å². The van der Waals surface area contributed by atoms with Gasteiger partial charge in [0.05, 0.1) is 13.2 Å². The number of rotatable bonds is 39. The van der Waals surface area contributed by atoms with Gasteiger partial charge in [-0.3, -0.25) is 9.59 Å². The fourth-order valence-corrected chi connectivity index (χ4v) is 7.31. The summed E-state index contributed by atoms with van der Waals surface area (Å²) in [6, 6.07) is 0. The van der Waals surface area contributed by atoms with Gasteiger partial charge in [-0.1, -0.05) is 194 Å². The van der Waals surface area contributed by atoms with Crippen LogP contribution < -0.4 is 0 Å². The SMILES string of the molecule is CCCCCCCCCCCCCCCCCCCCCC(=O)OC(COC(=O)CCCCCCCCCCCCC)COC1OC(CO)C(O)C(O)C1O. The van der Waals surface area contributed by atoms with E-state index in [1.54, 1.807) is 0 Å². The van der Waals surface area contributed by atoms with Crippen molar-refractivity contribution >= 4 is 11.9 Å². The van der Waals surface area contributed by atoms with E-state index in [1.807, 2.05) is 0 Å². The van der Waals surface area contributed by atoms with Crippen LogP contribution in [0.3, 0.4) is 0 Å². The van der Waals surface area contributed by atoms with Gasteiger partial charge in [0.2, 0.25) is 0 Å². The molecule has 1 aliphatic rings. The number of hydrogen-bond acceptors (Lipinski definition) is 10. The van der Waals surface area contributed by atoms with E-state index in [2.05, 4.69) is 13.8 Å². The van der Waals surface area contributed by atoms with Crippen LogP contribution in [-0.4, -0.2) is 89.0 Å². The van der Waals surface area contributed by atoms with Crippen molar-refractivity contribution in [2.45, 2.75) is 256 Å². The molecule has 0 aromatic heterocycles. The summed E-state index contributed by atoms with van der Waals surface area (Å²) in [5.74, 6) is -0.792. The van der Waals surface area contributed by atoms with Gasteiger partial charge in [0, 0.05) is 12.8 Å². The molecule has 1 fully saturated rings. The largest absolute Gasteiger partial charge is 0.462 e. The quantitative estimate of drug-likeness (QED) is 0.0350. The first-order valence-electron chi connectivity index (χ1n) is 23.1.